The van der Waals surface area contributed by atoms with Gasteiger partial charge in [0, 0.05) is 31.4 Å². The third kappa shape index (κ3) is 4.17. The molecule has 0 radical (unpaired) electrons. The molecule has 1 amide bonds. The number of pyridine rings is 1. The van der Waals surface area contributed by atoms with Gasteiger partial charge in [0.25, 0.3) is 0 Å². The molecule has 2 N–H and O–H groups in total. The predicted molar refractivity (Wildman–Crippen MR) is 80.2 cm³/mol. The molecule has 4 heteroatoms. The van der Waals surface area contributed by atoms with Gasteiger partial charge in [-0.2, -0.15) is 0 Å². The summed E-state index contributed by atoms with van der Waals surface area (Å²) in [5, 5.41) is 6.18. The molecule has 2 rings (SSSR count). The fourth-order valence-corrected chi connectivity index (χ4v) is 1.92. The van der Waals surface area contributed by atoms with Crippen molar-refractivity contribution in [3.63, 3.8) is 0 Å². The second kappa shape index (κ2) is 6.82. The van der Waals surface area contributed by atoms with Gasteiger partial charge in [0.1, 0.15) is 0 Å². The molecule has 0 unspecified atom stereocenters. The number of benzene rings is 1. The first-order valence-electron chi connectivity index (χ1n) is 6.66. The molecule has 0 saturated carbocycles. The topological polar surface area (TPSA) is 54.0 Å². The Morgan fingerprint density at radius 1 is 1.20 bits per heavy atom. The van der Waals surface area contributed by atoms with Gasteiger partial charge in [-0.05, 0) is 36.8 Å². The summed E-state index contributed by atoms with van der Waals surface area (Å²) in [4.78, 5) is 15.3. The van der Waals surface area contributed by atoms with E-state index < -0.39 is 0 Å². The Hall–Kier alpha value is -2.20. The van der Waals surface area contributed by atoms with Crippen LogP contribution < -0.4 is 10.6 Å². The van der Waals surface area contributed by atoms with Gasteiger partial charge in [-0.3, -0.25) is 9.78 Å². The van der Waals surface area contributed by atoms with Crippen LogP contribution in [0, 0.1) is 0 Å². The zero-order valence-corrected chi connectivity index (χ0v) is 11.8. The van der Waals surface area contributed by atoms with E-state index >= 15 is 0 Å². The predicted octanol–water partition coefficient (Wildman–Crippen LogP) is 2.89. The summed E-state index contributed by atoms with van der Waals surface area (Å²) in [6, 6.07) is 13.9. The molecule has 1 aromatic carbocycles. The lowest BCUT2D eigenvalue weighted by Crippen LogP contribution is -2.18. The summed E-state index contributed by atoms with van der Waals surface area (Å²) in [5.41, 5.74) is 3.02. The third-order valence-corrected chi connectivity index (χ3v) is 3.02. The first-order chi connectivity index (χ1) is 9.65. The van der Waals surface area contributed by atoms with Crippen LogP contribution in [0.2, 0.25) is 0 Å². The molecule has 0 aliphatic rings. The van der Waals surface area contributed by atoms with E-state index in [9.17, 15) is 4.79 Å². The molecule has 104 valence electrons. The van der Waals surface area contributed by atoms with Crippen LogP contribution in [0.5, 0.6) is 0 Å². The van der Waals surface area contributed by atoms with Crippen molar-refractivity contribution in [2.45, 2.75) is 26.4 Å². The number of aromatic nitrogens is 1. The Kier molecular flexibility index (Phi) is 4.85. The average molecular weight is 269 g/mol. The highest BCUT2D eigenvalue weighted by atomic mass is 16.1. The Bertz CT molecular complexity index is 552. The van der Waals surface area contributed by atoms with Crippen molar-refractivity contribution < 1.29 is 4.79 Å². The van der Waals surface area contributed by atoms with Crippen molar-refractivity contribution in [3.8, 4) is 0 Å². The minimum atomic E-state index is -0.0559. The first-order valence-corrected chi connectivity index (χ1v) is 6.66. The Labute approximate surface area is 119 Å². The van der Waals surface area contributed by atoms with Crippen LogP contribution in [-0.2, 0) is 11.3 Å². The first kappa shape index (κ1) is 14.2. The van der Waals surface area contributed by atoms with Gasteiger partial charge in [-0.1, -0.05) is 18.2 Å². The monoisotopic (exact) mass is 269 g/mol. The third-order valence-electron chi connectivity index (χ3n) is 3.02. The molecule has 4 nitrogen and oxygen atoms in total. The number of nitrogens with one attached hydrogen (secondary N) is 2. The Balaban J connectivity index is 1.89. The fraction of sp³-hybridized carbons (Fsp3) is 0.250. The minimum absolute atomic E-state index is 0.0559. The molecule has 0 fully saturated rings. The quantitative estimate of drug-likeness (QED) is 0.877. The van der Waals surface area contributed by atoms with Gasteiger partial charge in [0.2, 0.25) is 5.91 Å². The smallest absolute Gasteiger partial charge is 0.221 e. The van der Waals surface area contributed by atoms with Crippen molar-refractivity contribution in [2.75, 3.05) is 5.32 Å². The number of hydrogen-bond donors (Lipinski definition) is 2. The zero-order chi connectivity index (χ0) is 14.4. The molecule has 0 aliphatic heterocycles. The van der Waals surface area contributed by atoms with E-state index in [-0.39, 0.29) is 11.9 Å². The van der Waals surface area contributed by atoms with Crippen molar-refractivity contribution in [1.82, 2.24) is 10.3 Å². The van der Waals surface area contributed by atoms with Crippen LogP contribution in [0.1, 0.15) is 31.1 Å². The van der Waals surface area contributed by atoms with E-state index in [0.717, 1.165) is 17.9 Å². The maximum absolute atomic E-state index is 10.9. The normalized spacial score (nSPS) is 11.9. The van der Waals surface area contributed by atoms with Gasteiger partial charge in [-0.25, -0.2) is 0 Å². The second-order valence-corrected chi connectivity index (χ2v) is 4.74. The number of rotatable bonds is 5. The van der Waals surface area contributed by atoms with Gasteiger partial charge in [0.05, 0.1) is 5.69 Å². The summed E-state index contributed by atoms with van der Waals surface area (Å²) in [6.07, 6.45) is 1.80. The zero-order valence-electron chi connectivity index (χ0n) is 11.8. The van der Waals surface area contributed by atoms with Crippen LogP contribution >= 0.6 is 0 Å². The second-order valence-electron chi connectivity index (χ2n) is 4.74. The summed E-state index contributed by atoms with van der Waals surface area (Å²) in [5.74, 6) is -0.0559. The fourth-order valence-electron chi connectivity index (χ4n) is 1.92. The maximum atomic E-state index is 10.9. The number of nitrogens with zero attached hydrogens (tertiary/aromatic N) is 1. The highest BCUT2D eigenvalue weighted by molar-refractivity contribution is 5.88. The molecular formula is C16H19N3O. The summed E-state index contributed by atoms with van der Waals surface area (Å²) < 4.78 is 0. The van der Waals surface area contributed by atoms with Crippen LogP contribution in [0.4, 0.5) is 5.69 Å². The van der Waals surface area contributed by atoms with E-state index in [0.29, 0.717) is 0 Å². The average Bonchev–Trinajstić information content (AvgIpc) is 2.46. The van der Waals surface area contributed by atoms with Gasteiger partial charge >= 0.3 is 0 Å². The van der Waals surface area contributed by atoms with E-state index in [1.165, 1.54) is 12.5 Å². The van der Waals surface area contributed by atoms with Crippen molar-refractivity contribution in [1.29, 1.82) is 0 Å². The minimum Gasteiger partial charge on any atom is -0.326 e. The standard InChI is InChI=1S/C16H19N3O/c1-12(16-5-3-4-10-17-16)18-11-14-6-8-15(9-7-14)19-13(2)20/h3-10,12,18H,11H2,1-2H3,(H,19,20)/t12-/m1/s1. The summed E-state index contributed by atoms with van der Waals surface area (Å²) >= 11 is 0. The molecule has 1 heterocycles. The van der Waals surface area contributed by atoms with Crippen LogP contribution in [0.25, 0.3) is 0 Å². The Morgan fingerprint density at radius 3 is 2.55 bits per heavy atom. The van der Waals surface area contributed by atoms with Gasteiger partial charge in [0.15, 0.2) is 0 Å². The maximum Gasteiger partial charge on any atom is 0.221 e. The molecule has 0 spiro atoms. The van der Waals surface area contributed by atoms with Crippen molar-refractivity contribution >= 4 is 11.6 Å². The van der Waals surface area contributed by atoms with E-state index in [4.69, 9.17) is 0 Å². The molecule has 0 bridgehead atoms. The summed E-state index contributed by atoms with van der Waals surface area (Å²) in [6.45, 7) is 4.36. The molecule has 0 saturated heterocycles. The number of carbonyl (C=O) groups is 1. The number of anilines is 1. The van der Waals surface area contributed by atoms with E-state index in [1.807, 2.05) is 42.5 Å². The number of hydrogen-bond acceptors (Lipinski definition) is 3. The SMILES string of the molecule is CC(=O)Nc1ccc(CN[C@H](C)c2ccccn2)cc1. The van der Waals surface area contributed by atoms with E-state index in [2.05, 4.69) is 22.5 Å². The molecular weight excluding hydrogens is 250 g/mol. The number of carbonyl (C=O) groups excluding carboxylic acids is 1. The summed E-state index contributed by atoms with van der Waals surface area (Å²) in [7, 11) is 0. The number of amides is 1. The Morgan fingerprint density at radius 2 is 1.95 bits per heavy atom. The van der Waals surface area contributed by atoms with Crippen molar-refractivity contribution in [3.05, 3.63) is 59.9 Å². The van der Waals surface area contributed by atoms with Crippen LogP contribution in [-0.4, -0.2) is 10.9 Å². The lowest BCUT2D eigenvalue weighted by Gasteiger charge is -2.13. The van der Waals surface area contributed by atoms with Crippen LogP contribution in [0.3, 0.4) is 0 Å². The van der Waals surface area contributed by atoms with E-state index in [1.54, 1.807) is 6.20 Å². The lowest BCUT2D eigenvalue weighted by atomic mass is 10.1. The molecule has 1 atom stereocenters. The largest absolute Gasteiger partial charge is 0.326 e. The lowest BCUT2D eigenvalue weighted by molar-refractivity contribution is -0.114. The molecule has 1 aromatic heterocycles. The van der Waals surface area contributed by atoms with Gasteiger partial charge in [-0.15, -0.1) is 0 Å². The highest BCUT2D eigenvalue weighted by Crippen LogP contribution is 2.12. The highest BCUT2D eigenvalue weighted by Gasteiger charge is 2.05. The molecule has 20 heavy (non-hydrogen) atoms. The van der Waals surface area contributed by atoms with Crippen LogP contribution in [0.15, 0.2) is 48.7 Å². The molecule has 2 aromatic rings. The van der Waals surface area contributed by atoms with Crippen molar-refractivity contribution in [2.24, 2.45) is 0 Å². The molecule has 0 aliphatic carbocycles. The van der Waals surface area contributed by atoms with Gasteiger partial charge < -0.3 is 10.6 Å².